The number of unbranched alkanes of at least 4 members (excludes halogenated alkanes) is 1. The molecule has 1 aliphatic carbocycles. The quantitative estimate of drug-likeness (QED) is 0.472. The third-order valence-electron chi connectivity index (χ3n) is 3.87. The van der Waals surface area contributed by atoms with E-state index in [9.17, 15) is 4.79 Å². The van der Waals surface area contributed by atoms with Crippen molar-refractivity contribution in [1.29, 1.82) is 0 Å². The van der Waals surface area contributed by atoms with Crippen LogP contribution in [-0.2, 0) is 11.2 Å². The molecule has 0 aliphatic heterocycles. The zero-order chi connectivity index (χ0) is 16.5. The highest BCUT2D eigenvalue weighted by Crippen LogP contribution is 2.23. The molecule has 2 rings (SSSR count). The van der Waals surface area contributed by atoms with Crippen molar-refractivity contribution in [3.8, 4) is 5.75 Å². The minimum absolute atomic E-state index is 0.147. The Morgan fingerprint density at radius 1 is 1.04 bits per heavy atom. The SMILES string of the molecule is O=C1C=Cc2ccc(OCCCCN(CCCl)CCCl)cc2C1. The molecule has 1 aromatic carbocycles. The number of alkyl halides is 2. The molecule has 0 spiro atoms. The van der Waals surface area contributed by atoms with Crippen LogP contribution in [0.3, 0.4) is 0 Å². The van der Waals surface area contributed by atoms with E-state index in [1.54, 1.807) is 6.08 Å². The first kappa shape index (κ1) is 18.3. The molecule has 126 valence electrons. The molecule has 3 nitrogen and oxygen atoms in total. The number of ether oxygens (including phenoxy) is 1. The minimum Gasteiger partial charge on any atom is -0.494 e. The van der Waals surface area contributed by atoms with Gasteiger partial charge in [0.05, 0.1) is 6.61 Å². The van der Waals surface area contributed by atoms with Gasteiger partial charge in [0.1, 0.15) is 5.75 Å². The number of nitrogens with zero attached hydrogens (tertiary/aromatic N) is 1. The first-order chi connectivity index (χ1) is 11.2. The van der Waals surface area contributed by atoms with E-state index in [1.807, 2.05) is 24.3 Å². The summed E-state index contributed by atoms with van der Waals surface area (Å²) in [7, 11) is 0. The third-order valence-corrected chi connectivity index (χ3v) is 4.20. The summed E-state index contributed by atoms with van der Waals surface area (Å²) in [6.07, 6.45) is 6.01. The van der Waals surface area contributed by atoms with E-state index in [0.29, 0.717) is 24.8 Å². The summed E-state index contributed by atoms with van der Waals surface area (Å²) in [6, 6.07) is 5.95. The summed E-state index contributed by atoms with van der Waals surface area (Å²) in [5.41, 5.74) is 2.15. The molecule has 1 aromatic rings. The van der Waals surface area contributed by atoms with E-state index in [4.69, 9.17) is 27.9 Å². The zero-order valence-corrected chi connectivity index (χ0v) is 14.8. The van der Waals surface area contributed by atoms with Crippen LogP contribution in [0.25, 0.3) is 6.08 Å². The molecule has 0 N–H and O–H groups in total. The van der Waals surface area contributed by atoms with Gasteiger partial charge in [0, 0.05) is 31.3 Å². The molecule has 0 atom stereocenters. The normalized spacial score (nSPS) is 13.4. The summed E-state index contributed by atoms with van der Waals surface area (Å²) in [5, 5.41) is 0. The van der Waals surface area contributed by atoms with Crippen LogP contribution in [0.2, 0.25) is 0 Å². The monoisotopic (exact) mass is 355 g/mol. The lowest BCUT2D eigenvalue weighted by atomic mass is 9.96. The number of hydrogen-bond acceptors (Lipinski definition) is 3. The second kappa shape index (κ2) is 9.96. The number of carbonyl (C=O) groups is 1. The van der Waals surface area contributed by atoms with Crippen molar-refractivity contribution in [1.82, 2.24) is 4.90 Å². The van der Waals surface area contributed by atoms with Crippen molar-refractivity contribution in [2.75, 3.05) is 38.0 Å². The van der Waals surface area contributed by atoms with Crippen LogP contribution >= 0.6 is 23.2 Å². The van der Waals surface area contributed by atoms with E-state index >= 15 is 0 Å². The van der Waals surface area contributed by atoms with Crippen LogP contribution in [0, 0.1) is 0 Å². The van der Waals surface area contributed by atoms with E-state index < -0.39 is 0 Å². The van der Waals surface area contributed by atoms with Gasteiger partial charge in [-0.25, -0.2) is 0 Å². The van der Waals surface area contributed by atoms with Crippen molar-refractivity contribution in [2.24, 2.45) is 0 Å². The summed E-state index contributed by atoms with van der Waals surface area (Å²) in [6.45, 7) is 3.42. The van der Waals surface area contributed by atoms with Crippen LogP contribution in [0.5, 0.6) is 5.75 Å². The molecule has 0 amide bonds. The van der Waals surface area contributed by atoms with Gasteiger partial charge in [-0.1, -0.05) is 12.1 Å². The molecule has 0 unspecified atom stereocenters. The molecule has 0 fully saturated rings. The maximum absolute atomic E-state index is 11.5. The zero-order valence-electron chi connectivity index (χ0n) is 13.3. The lowest BCUT2D eigenvalue weighted by molar-refractivity contribution is -0.114. The molecular weight excluding hydrogens is 333 g/mol. The van der Waals surface area contributed by atoms with Crippen LogP contribution < -0.4 is 4.74 Å². The number of benzene rings is 1. The number of rotatable bonds is 10. The second-order valence-corrected chi connectivity index (χ2v) is 6.37. The van der Waals surface area contributed by atoms with Gasteiger partial charge < -0.3 is 9.64 Å². The smallest absolute Gasteiger partial charge is 0.160 e. The lowest BCUT2D eigenvalue weighted by Crippen LogP contribution is -2.29. The molecule has 0 heterocycles. The van der Waals surface area contributed by atoms with Crippen molar-refractivity contribution in [3.05, 3.63) is 35.4 Å². The van der Waals surface area contributed by atoms with E-state index in [1.165, 1.54) is 0 Å². The summed E-state index contributed by atoms with van der Waals surface area (Å²) in [5.74, 6) is 2.25. The summed E-state index contributed by atoms with van der Waals surface area (Å²) < 4.78 is 5.80. The van der Waals surface area contributed by atoms with Gasteiger partial charge in [-0.2, -0.15) is 0 Å². The first-order valence-corrected chi connectivity index (χ1v) is 9.10. The van der Waals surface area contributed by atoms with Gasteiger partial charge in [0.25, 0.3) is 0 Å². The van der Waals surface area contributed by atoms with Crippen molar-refractivity contribution in [3.63, 3.8) is 0 Å². The highest BCUT2D eigenvalue weighted by atomic mass is 35.5. The van der Waals surface area contributed by atoms with Gasteiger partial charge in [0.2, 0.25) is 0 Å². The second-order valence-electron chi connectivity index (χ2n) is 5.61. The van der Waals surface area contributed by atoms with Crippen LogP contribution in [-0.4, -0.2) is 48.7 Å². The van der Waals surface area contributed by atoms with Gasteiger partial charge in [-0.3, -0.25) is 4.79 Å². The Morgan fingerprint density at radius 2 is 1.83 bits per heavy atom. The van der Waals surface area contributed by atoms with Gasteiger partial charge in [-0.15, -0.1) is 23.2 Å². The van der Waals surface area contributed by atoms with Gasteiger partial charge in [0.15, 0.2) is 5.78 Å². The van der Waals surface area contributed by atoms with Crippen LogP contribution in [0.1, 0.15) is 24.0 Å². The Bertz CT molecular complexity index is 540. The minimum atomic E-state index is 0.147. The number of allylic oxidation sites excluding steroid dienone is 1. The molecule has 0 saturated heterocycles. The maximum Gasteiger partial charge on any atom is 0.160 e. The molecule has 0 aromatic heterocycles. The fraction of sp³-hybridized carbons (Fsp3) is 0.500. The topological polar surface area (TPSA) is 29.5 Å². The molecular formula is C18H23Cl2NO2. The predicted molar refractivity (Wildman–Crippen MR) is 96.8 cm³/mol. The predicted octanol–water partition coefficient (Wildman–Crippen LogP) is 3.76. The fourth-order valence-corrected chi connectivity index (χ4v) is 3.10. The molecule has 0 bridgehead atoms. The Morgan fingerprint density at radius 3 is 2.57 bits per heavy atom. The molecule has 23 heavy (non-hydrogen) atoms. The molecule has 1 aliphatic rings. The van der Waals surface area contributed by atoms with Gasteiger partial charge in [-0.05, 0) is 48.7 Å². The Balaban J connectivity index is 1.71. The van der Waals surface area contributed by atoms with Crippen molar-refractivity contribution >= 4 is 35.1 Å². The number of halogens is 2. The number of carbonyl (C=O) groups excluding carboxylic acids is 1. The largest absolute Gasteiger partial charge is 0.494 e. The highest BCUT2D eigenvalue weighted by Gasteiger charge is 2.11. The van der Waals surface area contributed by atoms with E-state index in [0.717, 1.165) is 49.4 Å². The van der Waals surface area contributed by atoms with Crippen molar-refractivity contribution < 1.29 is 9.53 Å². The number of ketones is 1. The van der Waals surface area contributed by atoms with Crippen molar-refractivity contribution in [2.45, 2.75) is 19.3 Å². The average molecular weight is 356 g/mol. The fourth-order valence-electron chi connectivity index (χ4n) is 2.62. The summed E-state index contributed by atoms with van der Waals surface area (Å²) in [4.78, 5) is 13.7. The number of hydrogen-bond donors (Lipinski definition) is 0. The highest BCUT2D eigenvalue weighted by molar-refractivity contribution is 6.18. The lowest BCUT2D eigenvalue weighted by Gasteiger charge is -2.19. The van der Waals surface area contributed by atoms with E-state index in [2.05, 4.69) is 4.90 Å². The Hall–Kier alpha value is -1.03. The third kappa shape index (κ3) is 6.17. The Labute approximate surface area is 148 Å². The summed E-state index contributed by atoms with van der Waals surface area (Å²) >= 11 is 11.6. The first-order valence-electron chi connectivity index (χ1n) is 8.04. The van der Waals surface area contributed by atoms with Crippen LogP contribution in [0.15, 0.2) is 24.3 Å². The molecule has 0 radical (unpaired) electrons. The number of fused-ring (bicyclic) bond motifs is 1. The van der Waals surface area contributed by atoms with Gasteiger partial charge >= 0.3 is 0 Å². The molecule has 0 saturated carbocycles. The standard InChI is InChI=1S/C18H23Cl2NO2/c19-7-10-21(11-8-20)9-1-2-12-23-18-6-4-15-3-5-17(22)13-16(15)14-18/h3-6,14H,1-2,7-13H2. The maximum atomic E-state index is 11.5. The Kier molecular flexibility index (Phi) is 7.93. The van der Waals surface area contributed by atoms with Crippen LogP contribution in [0.4, 0.5) is 0 Å². The average Bonchev–Trinajstić information content (AvgIpc) is 2.54. The molecule has 5 heteroatoms. The van der Waals surface area contributed by atoms with E-state index in [-0.39, 0.29) is 5.78 Å².